The largest absolute Gasteiger partial charge is 0.497 e. The predicted octanol–water partition coefficient (Wildman–Crippen LogP) is 3.52. The number of pyridine rings is 1. The lowest BCUT2D eigenvalue weighted by Gasteiger charge is -2.31. The topological polar surface area (TPSA) is 64.3 Å². The Balaban J connectivity index is 1.44. The fourth-order valence-electron chi connectivity index (χ4n) is 3.42. The first-order valence-corrected chi connectivity index (χ1v) is 8.92. The van der Waals surface area contributed by atoms with Crippen LogP contribution in [-0.2, 0) is 6.54 Å². The van der Waals surface area contributed by atoms with Crippen molar-refractivity contribution in [2.24, 2.45) is 0 Å². The van der Waals surface area contributed by atoms with Gasteiger partial charge in [0.2, 0.25) is 5.89 Å². The number of likely N-dealkylation sites (tertiary alicyclic amines) is 1. The molecule has 0 spiro atoms. The second-order valence-corrected chi connectivity index (χ2v) is 6.59. The van der Waals surface area contributed by atoms with Gasteiger partial charge in [0.25, 0.3) is 5.89 Å². The lowest BCUT2D eigenvalue weighted by Crippen LogP contribution is -2.34. The van der Waals surface area contributed by atoms with Crippen molar-refractivity contribution >= 4 is 0 Å². The maximum Gasteiger partial charge on any atom is 0.266 e. The number of hydrogen-bond donors (Lipinski definition) is 0. The molecule has 1 aliphatic heterocycles. The summed E-state index contributed by atoms with van der Waals surface area (Å²) < 4.78 is 11.2. The SMILES string of the molecule is COc1cccc(CN2CCC[C@@H](c3nnc(-c4ccccn4)o3)C2)c1. The maximum atomic E-state index is 5.91. The minimum absolute atomic E-state index is 0.263. The Morgan fingerprint density at radius 1 is 1.19 bits per heavy atom. The van der Waals surface area contributed by atoms with E-state index in [1.807, 2.05) is 30.3 Å². The molecule has 0 amide bonds. The summed E-state index contributed by atoms with van der Waals surface area (Å²) in [4.78, 5) is 6.71. The van der Waals surface area contributed by atoms with E-state index < -0.39 is 0 Å². The van der Waals surface area contributed by atoms with Gasteiger partial charge in [0, 0.05) is 19.3 Å². The van der Waals surface area contributed by atoms with Gasteiger partial charge in [0.05, 0.1) is 13.0 Å². The molecule has 2 aromatic heterocycles. The van der Waals surface area contributed by atoms with Crippen LogP contribution in [0.3, 0.4) is 0 Å². The van der Waals surface area contributed by atoms with Gasteiger partial charge in [-0.3, -0.25) is 9.88 Å². The van der Waals surface area contributed by atoms with Crippen molar-refractivity contribution in [3.63, 3.8) is 0 Å². The molecule has 0 unspecified atom stereocenters. The second kappa shape index (κ2) is 7.66. The minimum Gasteiger partial charge on any atom is -0.497 e. The summed E-state index contributed by atoms with van der Waals surface area (Å²) in [6.07, 6.45) is 3.92. The summed E-state index contributed by atoms with van der Waals surface area (Å²) in [5.41, 5.74) is 1.97. The van der Waals surface area contributed by atoms with E-state index in [1.165, 1.54) is 5.56 Å². The molecule has 6 heteroatoms. The van der Waals surface area contributed by atoms with Crippen LogP contribution >= 0.6 is 0 Å². The summed E-state index contributed by atoms with van der Waals surface area (Å²) >= 11 is 0. The molecule has 6 nitrogen and oxygen atoms in total. The van der Waals surface area contributed by atoms with Crippen LogP contribution in [0.1, 0.15) is 30.2 Å². The zero-order chi connectivity index (χ0) is 17.8. The molecule has 1 aliphatic rings. The van der Waals surface area contributed by atoms with Crippen LogP contribution in [0.5, 0.6) is 5.75 Å². The van der Waals surface area contributed by atoms with Gasteiger partial charge in [0.15, 0.2) is 0 Å². The Hall–Kier alpha value is -2.73. The molecule has 26 heavy (non-hydrogen) atoms. The first kappa shape index (κ1) is 16.7. The van der Waals surface area contributed by atoms with Crippen molar-refractivity contribution in [3.05, 3.63) is 60.1 Å². The number of piperidine rings is 1. The van der Waals surface area contributed by atoms with Crippen LogP contribution in [0.25, 0.3) is 11.6 Å². The average Bonchev–Trinajstić information content (AvgIpc) is 3.19. The zero-order valence-corrected chi connectivity index (χ0v) is 14.8. The van der Waals surface area contributed by atoms with Crippen molar-refractivity contribution in [1.29, 1.82) is 0 Å². The van der Waals surface area contributed by atoms with Crippen molar-refractivity contribution < 1.29 is 9.15 Å². The molecule has 0 saturated carbocycles. The first-order chi connectivity index (χ1) is 12.8. The number of rotatable bonds is 5. The van der Waals surface area contributed by atoms with Crippen LogP contribution in [0.2, 0.25) is 0 Å². The third kappa shape index (κ3) is 3.75. The number of ether oxygens (including phenoxy) is 1. The molecule has 1 saturated heterocycles. The van der Waals surface area contributed by atoms with Crippen LogP contribution < -0.4 is 4.74 Å². The van der Waals surface area contributed by atoms with Gasteiger partial charge >= 0.3 is 0 Å². The highest BCUT2D eigenvalue weighted by Crippen LogP contribution is 2.29. The molecule has 4 rings (SSSR count). The van der Waals surface area contributed by atoms with E-state index in [0.29, 0.717) is 11.8 Å². The first-order valence-electron chi connectivity index (χ1n) is 8.92. The van der Waals surface area contributed by atoms with E-state index in [9.17, 15) is 0 Å². The zero-order valence-electron chi connectivity index (χ0n) is 14.8. The molecule has 0 aliphatic carbocycles. The van der Waals surface area contributed by atoms with Crippen molar-refractivity contribution in [2.75, 3.05) is 20.2 Å². The number of benzene rings is 1. The van der Waals surface area contributed by atoms with Gasteiger partial charge in [0.1, 0.15) is 11.4 Å². The van der Waals surface area contributed by atoms with E-state index in [1.54, 1.807) is 13.3 Å². The third-order valence-electron chi connectivity index (χ3n) is 4.72. The number of methoxy groups -OCH3 is 1. The molecular formula is C20H22N4O2. The fraction of sp³-hybridized carbons (Fsp3) is 0.350. The van der Waals surface area contributed by atoms with Crippen LogP contribution in [0, 0.1) is 0 Å². The van der Waals surface area contributed by atoms with E-state index in [-0.39, 0.29) is 5.92 Å². The van der Waals surface area contributed by atoms with Gasteiger partial charge in [-0.2, -0.15) is 0 Å². The Kier molecular flexibility index (Phi) is 4.93. The van der Waals surface area contributed by atoms with Gasteiger partial charge in [-0.15, -0.1) is 10.2 Å². The van der Waals surface area contributed by atoms with Crippen molar-refractivity contribution in [3.8, 4) is 17.3 Å². The Morgan fingerprint density at radius 3 is 3.00 bits per heavy atom. The molecule has 0 radical (unpaired) electrons. The van der Waals surface area contributed by atoms with Crippen LogP contribution in [0.15, 0.2) is 53.1 Å². The summed E-state index contributed by atoms with van der Waals surface area (Å²) in [7, 11) is 1.70. The molecule has 1 aromatic carbocycles. The molecule has 134 valence electrons. The number of hydrogen-bond acceptors (Lipinski definition) is 6. The number of aromatic nitrogens is 3. The van der Waals surface area contributed by atoms with Gasteiger partial charge in [-0.25, -0.2) is 0 Å². The molecule has 0 bridgehead atoms. The fourth-order valence-corrected chi connectivity index (χ4v) is 3.42. The predicted molar refractivity (Wildman–Crippen MR) is 97.8 cm³/mol. The normalized spacial score (nSPS) is 18.0. The van der Waals surface area contributed by atoms with E-state index in [2.05, 4.69) is 32.2 Å². The highest BCUT2D eigenvalue weighted by Gasteiger charge is 2.26. The standard InChI is InChI=1S/C20H22N4O2/c1-25-17-8-4-6-15(12-17)13-24-11-5-7-16(14-24)19-22-23-20(26-19)18-9-2-3-10-21-18/h2-4,6,8-10,12,16H,5,7,11,13-14H2,1H3/t16-/m1/s1. The van der Waals surface area contributed by atoms with Crippen LogP contribution in [0.4, 0.5) is 0 Å². The quantitative estimate of drug-likeness (QED) is 0.701. The maximum absolute atomic E-state index is 5.91. The molecule has 1 atom stereocenters. The summed E-state index contributed by atoms with van der Waals surface area (Å²) in [5, 5.41) is 8.46. The highest BCUT2D eigenvalue weighted by atomic mass is 16.5. The lowest BCUT2D eigenvalue weighted by molar-refractivity contribution is 0.186. The average molecular weight is 350 g/mol. The Bertz CT molecular complexity index is 850. The molecule has 0 N–H and O–H groups in total. The Morgan fingerprint density at radius 2 is 2.15 bits per heavy atom. The van der Waals surface area contributed by atoms with Crippen molar-refractivity contribution in [1.82, 2.24) is 20.1 Å². The highest BCUT2D eigenvalue weighted by molar-refractivity contribution is 5.45. The molecule has 3 heterocycles. The monoisotopic (exact) mass is 350 g/mol. The van der Waals surface area contributed by atoms with Gasteiger partial charge in [-0.1, -0.05) is 18.2 Å². The summed E-state index contributed by atoms with van der Waals surface area (Å²) in [6, 6.07) is 13.9. The number of nitrogens with zero attached hydrogens (tertiary/aromatic N) is 4. The lowest BCUT2D eigenvalue weighted by atomic mass is 9.97. The Labute approximate surface area is 152 Å². The summed E-state index contributed by atoms with van der Waals surface area (Å²) in [5.74, 6) is 2.36. The van der Waals surface area contributed by atoms with Gasteiger partial charge in [-0.05, 0) is 49.2 Å². The van der Waals surface area contributed by atoms with E-state index >= 15 is 0 Å². The van der Waals surface area contributed by atoms with Gasteiger partial charge < -0.3 is 9.15 Å². The molecule has 1 fully saturated rings. The molecule has 3 aromatic rings. The third-order valence-corrected chi connectivity index (χ3v) is 4.72. The second-order valence-electron chi connectivity index (χ2n) is 6.59. The van der Waals surface area contributed by atoms with Crippen LogP contribution in [-0.4, -0.2) is 40.3 Å². The van der Waals surface area contributed by atoms with Crippen molar-refractivity contribution in [2.45, 2.75) is 25.3 Å². The van der Waals surface area contributed by atoms with E-state index in [0.717, 1.165) is 43.9 Å². The summed E-state index contributed by atoms with van der Waals surface area (Å²) in [6.45, 7) is 2.89. The minimum atomic E-state index is 0.263. The molecular weight excluding hydrogens is 328 g/mol. The van der Waals surface area contributed by atoms with E-state index in [4.69, 9.17) is 9.15 Å². The smallest absolute Gasteiger partial charge is 0.266 e.